The second-order valence-corrected chi connectivity index (χ2v) is 7.25. The van der Waals surface area contributed by atoms with Gasteiger partial charge in [0.05, 0.1) is 11.5 Å². The first kappa shape index (κ1) is 19.4. The van der Waals surface area contributed by atoms with Gasteiger partial charge in [0.25, 0.3) is 0 Å². The molecule has 0 heterocycles. The molecule has 1 aliphatic carbocycles. The van der Waals surface area contributed by atoms with Crippen molar-refractivity contribution in [3.05, 3.63) is 0 Å². The van der Waals surface area contributed by atoms with Crippen molar-refractivity contribution in [2.45, 2.75) is 92.1 Å². The van der Waals surface area contributed by atoms with Crippen molar-refractivity contribution in [1.29, 1.82) is 0 Å². The van der Waals surface area contributed by atoms with Crippen molar-refractivity contribution < 1.29 is 19.0 Å². The van der Waals surface area contributed by atoms with Crippen LogP contribution in [0.1, 0.15) is 73.6 Å². The molecule has 0 spiro atoms. The van der Waals surface area contributed by atoms with Crippen molar-refractivity contribution in [3.63, 3.8) is 0 Å². The van der Waals surface area contributed by atoms with E-state index in [2.05, 4.69) is 13.8 Å². The molecule has 0 bridgehead atoms. The lowest BCUT2D eigenvalue weighted by atomic mass is 9.90. The monoisotopic (exact) mass is 314 g/mol. The molecule has 0 radical (unpaired) electrons. The zero-order valence-corrected chi connectivity index (χ0v) is 15.2. The Kier molecular flexibility index (Phi) is 7.84. The second kappa shape index (κ2) is 8.88. The van der Waals surface area contributed by atoms with Gasteiger partial charge in [-0.1, -0.05) is 20.8 Å². The smallest absolute Gasteiger partial charge is 0.311 e. The number of hydrogen-bond donors (Lipinski definition) is 0. The number of esters is 1. The predicted molar refractivity (Wildman–Crippen MR) is 87.5 cm³/mol. The van der Waals surface area contributed by atoms with Crippen LogP contribution in [-0.4, -0.2) is 31.1 Å². The molecule has 0 aromatic heterocycles. The first-order valence-electron chi connectivity index (χ1n) is 8.78. The van der Waals surface area contributed by atoms with Crippen LogP contribution in [0.3, 0.4) is 0 Å². The van der Waals surface area contributed by atoms with Gasteiger partial charge in [-0.15, -0.1) is 0 Å². The summed E-state index contributed by atoms with van der Waals surface area (Å²) in [6, 6.07) is 0. The highest BCUT2D eigenvalue weighted by Crippen LogP contribution is 2.29. The molecule has 0 N–H and O–H groups in total. The molecule has 1 saturated carbocycles. The Labute approximate surface area is 135 Å². The fourth-order valence-corrected chi connectivity index (χ4v) is 2.48. The fraction of sp³-hybridized carbons (Fsp3) is 0.944. The Morgan fingerprint density at radius 2 is 1.64 bits per heavy atom. The van der Waals surface area contributed by atoms with E-state index in [0.717, 1.165) is 32.1 Å². The molecule has 1 atom stereocenters. The zero-order valence-electron chi connectivity index (χ0n) is 15.2. The summed E-state index contributed by atoms with van der Waals surface area (Å²) < 4.78 is 17.4. The summed E-state index contributed by atoms with van der Waals surface area (Å²) in [7, 11) is 0. The van der Waals surface area contributed by atoms with Crippen LogP contribution in [0.2, 0.25) is 0 Å². The van der Waals surface area contributed by atoms with Gasteiger partial charge in [-0.2, -0.15) is 0 Å². The summed E-state index contributed by atoms with van der Waals surface area (Å²) in [6.07, 6.45) is 4.56. The maximum absolute atomic E-state index is 12.1. The van der Waals surface area contributed by atoms with Crippen LogP contribution in [0, 0.1) is 11.3 Å². The van der Waals surface area contributed by atoms with Gasteiger partial charge >= 0.3 is 5.97 Å². The third-order valence-electron chi connectivity index (χ3n) is 4.53. The number of ether oxygens (including phenoxy) is 3. The molecule has 0 aromatic carbocycles. The molecule has 0 aromatic rings. The third-order valence-corrected chi connectivity index (χ3v) is 4.53. The first-order chi connectivity index (χ1) is 10.3. The van der Waals surface area contributed by atoms with Gasteiger partial charge < -0.3 is 14.2 Å². The molecule has 1 rings (SSSR count). The van der Waals surface area contributed by atoms with Crippen LogP contribution in [-0.2, 0) is 19.0 Å². The summed E-state index contributed by atoms with van der Waals surface area (Å²) in [5.74, 6) is 0.273. The van der Waals surface area contributed by atoms with E-state index in [1.54, 1.807) is 0 Å². The molecular weight excluding hydrogens is 280 g/mol. The van der Waals surface area contributed by atoms with Gasteiger partial charge in [0, 0.05) is 12.5 Å². The van der Waals surface area contributed by atoms with E-state index in [1.807, 2.05) is 27.7 Å². The average molecular weight is 314 g/mol. The van der Waals surface area contributed by atoms with Crippen molar-refractivity contribution in [3.8, 4) is 0 Å². The van der Waals surface area contributed by atoms with Gasteiger partial charge in [0.15, 0.2) is 6.29 Å². The van der Waals surface area contributed by atoms with Gasteiger partial charge in [0.2, 0.25) is 0 Å². The molecule has 1 aliphatic rings. The highest BCUT2D eigenvalue weighted by Gasteiger charge is 2.32. The molecule has 4 heteroatoms. The number of carbonyl (C=O) groups is 1. The molecular formula is C18H34O4. The van der Waals surface area contributed by atoms with E-state index in [-0.39, 0.29) is 29.9 Å². The van der Waals surface area contributed by atoms with E-state index in [0.29, 0.717) is 12.5 Å². The molecule has 0 aliphatic heterocycles. The average Bonchev–Trinajstić information content (AvgIpc) is 2.48. The third kappa shape index (κ3) is 5.88. The second-order valence-electron chi connectivity index (χ2n) is 7.25. The van der Waals surface area contributed by atoms with E-state index >= 15 is 0 Å². The van der Waals surface area contributed by atoms with Gasteiger partial charge in [-0.05, 0) is 52.9 Å². The Bertz CT molecular complexity index is 330. The van der Waals surface area contributed by atoms with Gasteiger partial charge in [0.1, 0.15) is 6.10 Å². The summed E-state index contributed by atoms with van der Waals surface area (Å²) in [5.41, 5.74) is -0.384. The lowest BCUT2D eigenvalue weighted by molar-refractivity contribution is -0.200. The Balaban J connectivity index is 2.38. The normalized spacial score (nSPS) is 24.3. The van der Waals surface area contributed by atoms with Crippen LogP contribution < -0.4 is 0 Å². The molecule has 22 heavy (non-hydrogen) atoms. The number of hydrogen-bond acceptors (Lipinski definition) is 4. The minimum atomic E-state index is -0.384. The molecule has 130 valence electrons. The maximum Gasteiger partial charge on any atom is 0.311 e. The quantitative estimate of drug-likeness (QED) is 0.494. The standard InChI is InChI=1S/C18H34O4/c1-7-18(5,6)17(19)22-15-11-9-14(10-12-15)21-16(13(3)4)20-8-2/h13-16H,7-12H2,1-6H3. The molecule has 0 amide bonds. The fourth-order valence-electron chi connectivity index (χ4n) is 2.48. The first-order valence-corrected chi connectivity index (χ1v) is 8.78. The Hall–Kier alpha value is -0.610. The van der Waals surface area contributed by atoms with Crippen LogP contribution in [0.15, 0.2) is 0 Å². The van der Waals surface area contributed by atoms with Crippen LogP contribution in [0.25, 0.3) is 0 Å². The topological polar surface area (TPSA) is 44.8 Å². The van der Waals surface area contributed by atoms with Gasteiger partial charge in [-0.3, -0.25) is 4.79 Å². The highest BCUT2D eigenvalue weighted by atomic mass is 16.7. The molecule has 0 saturated heterocycles. The molecule has 4 nitrogen and oxygen atoms in total. The van der Waals surface area contributed by atoms with Gasteiger partial charge in [-0.25, -0.2) is 0 Å². The molecule has 1 unspecified atom stereocenters. The lowest BCUT2D eigenvalue weighted by Gasteiger charge is -2.33. The van der Waals surface area contributed by atoms with Crippen LogP contribution in [0.5, 0.6) is 0 Å². The zero-order chi connectivity index (χ0) is 16.8. The van der Waals surface area contributed by atoms with Crippen molar-refractivity contribution in [2.24, 2.45) is 11.3 Å². The lowest BCUT2D eigenvalue weighted by Crippen LogP contribution is -2.36. The van der Waals surface area contributed by atoms with Crippen molar-refractivity contribution in [2.75, 3.05) is 6.61 Å². The van der Waals surface area contributed by atoms with E-state index in [9.17, 15) is 4.79 Å². The summed E-state index contributed by atoms with van der Waals surface area (Å²) in [5, 5.41) is 0. The predicted octanol–water partition coefficient (Wildman–Crippen LogP) is 4.31. The number of carbonyl (C=O) groups excluding carboxylic acids is 1. The van der Waals surface area contributed by atoms with Crippen molar-refractivity contribution in [1.82, 2.24) is 0 Å². The summed E-state index contributed by atoms with van der Waals surface area (Å²) in [4.78, 5) is 12.1. The largest absolute Gasteiger partial charge is 0.462 e. The minimum Gasteiger partial charge on any atom is -0.462 e. The Morgan fingerprint density at radius 3 is 2.09 bits per heavy atom. The molecule has 1 fully saturated rings. The minimum absolute atomic E-state index is 0.0442. The Morgan fingerprint density at radius 1 is 1.09 bits per heavy atom. The van der Waals surface area contributed by atoms with E-state index in [4.69, 9.17) is 14.2 Å². The van der Waals surface area contributed by atoms with Crippen LogP contribution in [0.4, 0.5) is 0 Å². The summed E-state index contributed by atoms with van der Waals surface area (Å²) >= 11 is 0. The maximum atomic E-state index is 12.1. The van der Waals surface area contributed by atoms with Crippen molar-refractivity contribution >= 4 is 5.97 Å². The number of rotatable bonds is 8. The van der Waals surface area contributed by atoms with E-state index < -0.39 is 0 Å². The highest BCUT2D eigenvalue weighted by molar-refractivity contribution is 5.75. The SMILES string of the molecule is CCOC(OC1CCC(OC(=O)C(C)(C)CC)CC1)C(C)C. The summed E-state index contributed by atoms with van der Waals surface area (Å²) in [6.45, 7) is 12.8. The van der Waals surface area contributed by atoms with Crippen LogP contribution >= 0.6 is 0 Å². The van der Waals surface area contributed by atoms with E-state index in [1.165, 1.54) is 0 Å².